The maximum Gasteiger partial charge on any atom is 0.305 e. The van der Waals surface area contributed by atoms with Crippen LogP contribution in [0.15, 0.2) is 23.6 Å². The number of rotatable bonds is 6. The maximum absolute atomic E-state index is 11.9. The Morgan fingerprint density at radius 2 is 2.28 bits per heavy atom. The second-order valence-corrected chi connectivity index (χ2v) is 4.90. The van der Waals surface area contributed by atoms with Gasteiger partial charge in [-0.1, -0.05) is 6.07 Å². The minimum atomic E-state index is -0.893. The Hall–Kier alpha value is -1.62. The van der Waals surface area contributed by atoms with Crippen LogP contribution in [0.4, 0.5) is 0 Å². The van der Waals surface area contributed by atoms with E-state index in [0.29, 0.717) is 6.54 Å². The van der Waals surface area contributed by atoms with E-state index in [1.165, 1.54) is 6.08 Å². The Balaban J connectivity index is 2.64. The first kappa shape index (κ1) is 14.4. The van der Waals surface area contributed by atoms with E-state index in [9.17, 15) is 9.59 Å². The molecule has 1 aromatic rings. The fraction of sp³-hybridized carbons (Fsp3) is 0.385. The number of hydrogen-bond donors (Lipinski definition) is 1. The number of thiophene rings is 1. The Kier molecular flexibility index (Phi) is 5.58. The van der Waals surface area contributed by atoms with Crippen LogP contribution in [0.5, 0.6) is 0 Å². The molecule has 5 heteroatoms. The highest BCUT2D eigenvalue weighted by Crippen LogP contribution is 2.11. The lowest BCUT2D eigenvalue weighted by Gasteiger charge is -2.25. The summed E-state index contributed by atoms with van der Waals surface area (Å²) in [4.78, 5) is 25.1. The van der Waals surface area contributed by atoms with Crippen LogP contribution in [0.1, 0.15) is 25.1 Å². The van der Waals surface area contributed by atoms with Crippen LogP contribution in [-0.2, 0) is 9.59 Å². The molecule has 0 radical (unpaired) electrons. The van der Waals surface area contributed by atoms with Gasteiger partial charge in [0.25, 0.3) is 0 Å². The first-order valence-corrected chi connectivity index (χ1v) is 6.66. The largest absolute Gasteiger partial charge is 0.481 e. The molecule has 0 aliphatic carbocycles. The van der Waals surface area contributed by atoms with E-state index in [2.05, 4.69) is 0 Å². The summed E-state index contributed by atoms with van der Waals surface area (Å²) in [7, 11) is 0. The topological polar surface area (TPSA) is 57.6 Å². The minimum Gasteiger partial charge on any atom is -0.481 e. The smallest absolute Gasteiger partial charge is 0.305 e. The summed E-state index contributed by atoms with van der Waals surface area (Å²) in [5, 5.41) is 10.7. The molecule has 1 amide bonds. The molecule has 0 aliphatic heterocycles. The van der Waals surface area contributed by atoms with Crippen LogP contribution in [0.25, 0.3) is 6.08 Å². The number of hydrogen-bond acceptors (Lipinski definition) is 3. The van der Waals surface area contributed by atoms with Crippen LogP contribution in [-0.4, -0.2) is 34.5 Å². The highest BCUT2D eigenvalue weighted by molar-refractivity contribution is 7.10. The molecule has 1 unspecified atom stereocenters. The van der Waals surface area contributed by atoms with E-state index in [4.69, 9.17) is 5.11 Å². The van der Waals surface area contributed by atoms with E-state index >= 15 is 0 Å². The lowest BCUT2D eigenvalue weighted by molar-refractivity contribution is -0.139. The molecular formula is C13H17NO3S. The SMILES string of the molecule is CCN(C(=O)C=Cc1cccs1)C(C)CC(=O)O. The van der Waals surface area contributed by atoms with Crippen molar-refractivity contribution in [2.24, 2.45) is 0 Å². The van der Waals surface area contributed by atoms with Crippen LogP contribution < -0.4 is 0 Å². The van der Waals surface area contributed by atoms with Gasteiger partial charge in [-0.3, -0.25) is 9.59 Å². The molecule has 0 aliphatic rings. The Morgan fingerprint density at radius 1 is 1.56 bits per heavy atom. The van der Waals surface area contributed by atoms with Crippen molar-refractivity contribution in [2.45, 2.75) is 26.3 Å². The average Bonchev–Trinajstić information content (AvgIpc) is 2.79. The number of amides is 1. The van der Waals surface area contributed by atoms with Gasteiger partial charge in [0, 0.05) is 23.5 Å². The fourth-order valence-electron chi connectivity index (χ4n) is 1.68. The van der Waals surface area contributed by atoms with E-state index in [0.717, 1.165) is 4.88 Å². The zero-order valence-corrected chi connectivity index (χ0v) is 11.3. The second kappa shape index (κ2) is 6.96. The normalized spacial score (nSPS) is 12.6. The van der Waals surface area contributed by atoms with Gasteiger partial charge in [-0.05, 0) is 31.4 Å². The number of nitrogens with zero attached hydrogens (tertiary/aromatic N) is 1. The summed E-state index contributed by atoms with van der Waals surface area (Å²) in [6.07, 6.45) is 3.21. The fourth-order valence-corrected chi connectivity index (χ4v) is 2.30. The van der Waals surface area contributed by atoms with E-state index in [1.807, 2.05) is 24.4 Å². The lowest BCUT2D eigenvalue weighted by atomic mass is 10.2. The number of carbonyl (C=O) groups excluding carboxylic acids is 1. The Morgan fingerprint density at radius 3 is 2.78 bits per heavy atom. The van der Waals surface area contributed by atoms with Gasteiger partial charge < -0.3 is 10.0 Å². The number of aliphatic carboxylic acids is 1. The lowest BCUT2D eigenvalue weighted by Crippen LogP contribution is -2.38. The third-order valence-corrected chi connectivity index (χ3v) is 3.40. The molecule has 4 nitrogen and oxygen atoms in total. The quantitative estimate of drug-likeness (QED) is 0.805. The highest BCUT2D eigenvalue weighted by Gasteiger charge is 2.18. The zero-order valence-electron chi connectivity index (χ0n) is 10.5. The molecule has 0 spiro atoms. The molecule has 98 valence electrons. The van der Waals surface area contributed by atoms with Crippen molar-refractivity contribution in [2.75, 3.05) is 6.54 Å². The average molecular weight is 267 g/mol. The molecule has 1 aromatic heterocycles. The summed E-state index contributed by atoms with van der Waals surface area (Å²) >= 11 is 1.55. The molecule has 0 saturated carbocycles. The molecule has 18 heavy (non-hydrogen) atoms. The first-order chi connectivity index (χ1) is 8.54. The molecule has 0 bridgehead atoms. The van der Waals surface area contributed by atoms with Crippen LogP contribution in [0.3, 0.4) is 0 Å². The zero-order chi connectivity index (χ0) is 13.5. The standard InChI is InChI=1S/C13H17NO3S/c1-3-14(10(2)9-13(16)17)12(15)7-6-11-5-4-8-18-11/h4-8,10H,3,9H2,1-2H3,(H,16,17). The summed E-state index contributed by atoms with van der Waals surface area (Å²) in [6.45, 7) is 4.09. The van der Waals surface area contributed by atoms with Crippen molar-refractivity contribution in [1.82, 2.24) is 4.90 Å². The molecule has 1 heterocycles. The van der Waals surface area contributed by atoms with Crippen LogP contribution in [0, 0.1) is 0 Å². The number of carbonyl (C=O) groups is 2. The van der Waals surface area contributed by atoms with Gasteiger partial charge in [-0.25, -0.2) is 0 Å². The summed E-state index contributed by atoms with van der Waals surface area (Å²) < 4.78 is 0. The number of likely N-dealkylation sites (N-methyl/N-ethyl adjacent to an activating group) is 1. The summed E-state index contributed by atoms with van der Waals surface area (Å²) in [6, 6.07) is 3.54. The van der Waals surface area contributed by atoms with Gasteiger partial charge in [-0.2, -0.15) is 0 Å². The van der Waals surface area contributed by atoms with Gasteiger partial charge >= 0.3 is 5.97 Å². The Bertz CT molecular complexity index is 425. The molecule has 1 atom stereocenters. The van der Waals surface area contributed by atoms with Crippen LogP contribution in [0.2, 0.25) is 0 Å². The maximum atomic E-state index is 11.9. The molecule has 1 rings (SSSR count). The predicted octanol–water partition coefficient (Wildman–Crippen LogP) is 2.47. The van der Waals surface area contributed by atoms with Crippen molar-refractivity contribution in [3.8, 4) is 0 Å². The second-order valence-electron chi connectivity index (χ2n) is 3.92. The van der Waals surface area contributed by atoms with Crippen LogP contribution >= 0.6 is 11.3 Å². The van der Waals surface area contributed by atoms with E-state index in [-0.39, 0.29) is 18.4 Å². The van der Waals surface area contributed by atoms with E-state index in [1.54, 1.807) is 29.2 Å². The molecule has 0 aromatic carbocycles. The van der Waals surface area contributed by atoms with Gasteiger partial charge in [-0.15, -0.1) is 11.3 Å². The predicted molar refractivity (Wildman–Crippen MR) is 72.5 cm³/mol. The van der Waals surface area contributed by atoms with Gasteiger partial charge in [0.15, 0.2) is 0 Å². The minimum absolute atomic E-state index is 0.0353. The third kappa shape index (κ3) is 4.33. The van der Waals surface area contributed by atoms with Crippen molar-refractivity contribution in [3.63, 3.8) is 0 Å². The summed E-state index contributed by atoms with van der Waals surface area (Å²) in [5.74, 6) is -1.05. The van der Waals surface area contributed by atoms with Crippen molar-refractivity contribution >= 4 is 29.3 Å². The van der Waals surface area contributed by atoms with Gasteiger partial charge in [0.1, 0.15) is 0 Å². The number of carboxylic acid groups (broad SMARTS) is 1. The summed E-state index contributed by atoms with van der Waals surface area (Å²) in [5.41, 5.74) is 0. The molecule has 1 N–H and O–H groups in total. The van der Waals surface area contributed by atoms with Gasteiger partial charge in [0.2, 0.25) is 5.91 Å². The van der Waals surface area contributed by atoms with E-state index < -0.39 is 5.97 Å². The molecular weight excluding hydrogens is 250 g/mol. The molecule has 0 fully saturated rings. The van der Waals surface area contributed by atoms with Crippen molar-refractivity contribution in [3.05, 3.63) is 28.5 Å². The van der Waals surface area contributed by atoms with Crippen molar-refractivity contribution < 1.29 is 14.7 Å². The highest BCUT2D eigenvalue weighted by atomic mass is 32.1. The van der Waals surface area contributed by atoms with Gasteiger partial charge in [0.05, 0.1) is 6.42 Å². The monoisotopic (exact) mass is 267 g/mol. The van der Waals surface area contributed by atoms with Crippen molar-refractivity contribution in [1.29, 1.82) is 0 Å². The molecule has 0 saturated heterocycles. The Labute approximate surface area is 111 Å². The third-order valence-electron chi connectivity index (χ3n) is 2.56. The first-order valence-electron chi connectivity index (χ1n) is 5.78. The number of carboxylic acids is 1.